The van der Waals surface area contributed by atoms with E-state index in [1.807, 2.05) is 5.38 Å². The van der Waals surface area contributed by atoms with Crippen molar-refractivity contribution in [2.75, 3.05) is 19.8 Å². The van der Waals surface area contributed by atoms with Crippen LogP contribution in [0.4, 0.5) is 0 Å². The number of rotatable bonds is 3. The summed E-state index contributed by atoms with van der Waals surface area (Å²) < 4.78 is 5.05. The number of halogens is 1. The third-order valence-electron chi connectivity index (χ3n) is 2.15. The summed E-state index contributed by atoms with van der Waals surface area (Å²) in [5.41, 5.74) is 0.873. The van der Waals surface area contributed by atoms with Crippen LogP contribution in [0.15, 0.2) is 5.38 Å². The van der Waals surface area contributed by atoms with Crippen LogP contribution < -0.4 is 0 Å². The largest absolute Gasteiger partial charge is 0.370 e. The number of carbonyl (C=O) groups is 1. The van der Waals surface area contributed by atoms with Gasteiger partial charge >= 0.3 is 0 Å². The molecule has 0 spiro atoms. The van der Waals surface area contributed by atoms with E-state index < -0.39 is 0 Å². The maximum absolute atomic E-state index is 11.4. The van der Waals surface area contributed by atoms with Crippen LogP contribution in [0.1, 0.15) is 10.7 Å². The molecule has 0 aliphatic carbocycles. The molecular formula is C9H11ClN2O2S. The minimum Gasteiger partial charge on any atom is -0.370 e. The van der Waals surface area contributed by atoms with Gasteiger partial charge in [-0.1, -0.05) is 0 Å². The summed E-state index contributed by atoms with van der Waals surface area (Å²) in [5, 5.41) is 2.86. The number of hydrogen-bond donors (Lipinski definition) is 0. The Morgan fingerprint density at radius 1 is 1.67 bits per heavy atom. The second kappa shape index (κ2) is 4.92. The third-order valence-corrected chi connectivity index (χ3v) is 3.30. The molecule has 1 aromatic heterocycles. The minimum absolute atomic E-state index is 0.0314. The molecule has 0 bridgehead atoms. The highest BCUT2D eigenvalue weighted by Gasteiger charge is 2.19. The van der Waals surface area contributed by atoms with Gasteiger partial charge in [0.2, 0.25) is 5.91 Å². The molecule has 0 saturated carbocycles. The van der Waals surface area contributed by atoms with Crippen molar-refractivity contribution >= 4 is 28.8 Å². The highest BCUT2D eigenvalue weighted by atomic mass is 35.5. The number of carbonyl (C=O) groups excluding carboxylic acids is 1. The molecule has 2 rings (SSSR count). The van der Waals surface area contributed by atoms with E-state index >= 15 is 0 Å². The summed E-state index contributed by atoms with van der Waals surface area (Å²) in [6, 6.07) is 0. The number of aromatic nitrogens is 1. The van der Waals surface area contributed by atoms with Crippen molar-refractivity contribution in [2.24, 2.45) is 0 Å². The smallest absolute Gasteiger partial charge is 0.249 e. The Hall–Kier alpha value is -0.650. The molecule has 4 nitrogen and oxygen atoms in total. The van der Waals surface area contributed by atoms with Crippen LogP contribution in [0.25, 0.3) is 0 Å². The summed E-state index contributed by atoms with van der Waals surface area (Å²) in [5.74, 6) is 0.456. The first-order valence-electron chi connectivity index (χ1n) is 4.64. The Labute approximate surface area is 96.8 Å². The number of ether oxygens (including phenoxy) is 1. The van der Waals surface area contributed by atoms with Crippen LogP contribution in [0.3, 0.4) is 0 Å². The fourth-order valence-electron chi connectivity index (χ4n) is 1.36. The van der Waals surface area contributed by atoms with Gasteiger partial charge in [-0.2, -0.15) is 0 Å². The predicted octanol–water partition coefficient (Wildman–Crippen LogP) is 1.24. The number of hydrogen-bond acceptors (Lipinski definition) is 4. The van der Waals surface area contributed by atoms with Crippen molar-refractivity contribution in [3.63, 3.8) is 0 Å². The van der Waals surface area contributed by atoms with E-state index in [-0.39, 0.29) is 12.5 Å². The molecule has 1 amide bonds. The number of nitrogens with zero attached hydrogens (tertiary/aromatic N) is 2. The first-order chi connectivity index (χ1) is 7.29. The molecule has 15 heavy (non-hydrogen) atoms. The molecule has 1 aromatic rings. The fourth-order valence-corrected chi connectivity index (χ4v) is 2.40. The van der Waals surface area contributed by atoms with Crippen molar-refractivity contribution < 1.29 is 9.53 Å². The van der Waals surface area contributed by atoms with Gasteiger partial charge in [-0.05, 0) is 0 Å². The topological polar surface area (TPSA) is 42.4 Å². The van der Waals surface area contributed by atoms with E-state index in [2.05, 4.69) is 4.98 Å². The normalized spacial score (nSPS) is 17.1. The summed E-state index contributed by atoms with van der Waals surface area (Å²) in [6.45, 7) is 2.02. The van der Waals surface area contributed by atoms with Gasteiger partial charge in [-0.25, -0.2) is 4.98 Å². The molecule has 0 atom stereocenters. The third kappa shape index (κ3) is 2.68. The predicted molar refractivity (Wildman–Crippen MR) is 57.9 cm³/mol. The van der Waals surface area contributed by atoms with Gasteiger partial charge < -0.3 is 9.64 Å². The van der Waals surface area contributed by atoms with E-state index in [1.165, 1.54) is 11.3 Å². The van der Waals surface area contributed by atoms with E-state index in [9.17, 15) is 4.79 Å². The van der Waals surface area contributed by atoms with Crippen LogP contribution in [-0.2, 0) is 22.0 Å². The van der Waals surface area contributed by atoms with Gasteiger partial charge in [0.25, 0.3) is 0 Å². The lowest BCUT2D eigenvalue weighted by Gasteiger charge is -2.25. The van der Waals surface area contributed by atoms with Crippen LogP contribution >= 0.6 is 22.9 Å². The number of alkyl halides is 1. The van der Waals surface area contributed by atoms with Crippen molar-refractivity contribution in [3.05, 3.63) is 16.1 Å². The molecule has 0 radical (unpaired) electrons. The minimum atomic E-state index is 0.0314. The summed E-state index contributed by atoms with van der Waals surface area (Å²) in [4.78, 5) is 17.5. The highest BCUT2D eigenvalue weighted by Crippen LogP contribution is 2.14. The van der Waals surface area contributed by atoms with E-state index in [1.54, 1.807) is 4.90 Å². The van der Waals surface area contributed by atoms with Gasteiger partial charge in [-0.3, -0.25) is 4.79 Å². The lowest BCUT2D eigenvalue weighted by Crippen LogP contribution is -2.40. The zero-order valence-electron chi connectivity index (χ0n) is 8.11. The van der Waals surface area contributed by atoms with Crippen LogP contribution in [-0.4, -0.2) is 35.5 Å². The van der Waals surface area contributed by atoms with Crippen molar-refractivity contribution in [1.82, 2.24) is 9.88 Å². The van der Waals surface area contributed by atoms with Gasteiger partial charge in [0.1, 0.15) is 11.6 Å². The first kappa shape index (κ1) is 10.9. The Morgan fingerprint density at radius 2 is 2.53 bits per heavy atom. The molecule has 1 aliphatic rings. The Bertz CT molecular complexity index is 356. The van der Waals surface area contributed by atoms with Crippen LogP contribution in [0.2, 0.25) is 0 Å². The molecule has 6 heteroatoms. The SMILES string of the molecule is O=C1COCCN1Cc1nc(CCl)cs1. The van der Waals surface area contributed by atoms with Crippen molar-refractivity contribution in [1.29, 1.82) is 0 Å². The van der Waals surface area contributed by atoms with Crippen LogP contribution in [0, 0.1) is 0 Å². The second-order valence-corrected chi connectivity index (χ2v) is 4.44. The maximum atomic E-state index is 11.4. The molecule has 0 unspecified atom stereocenters. The zero-order valence-corrected chi connectivity index (χ0v) is 9.68. The van der Waals surface area contributed by atoms with E-state index in [4.69, 9.17) is 16.3 Å². The van der Waals surface area contributed by atoms with E-state index in [0.29, 0.717) is 25.6 Å². The maximum Gasteiger partial charge on any atom is 0.249 e. The summed E-state index contributed by atoms with van der Waals surface area (Å²) in [6.07, 6.45) is 0. The average Bonchev–Trinajstić information content (AvgIpc) is 2.69. The lowest BCUT2D eigenvalue weighted by atomic mass is 10.4. The standard InChI is InChI=1S/C9H11ClN2O2S/c10-3-7-6-15-8(11-7)4-12-1-2-14-5-9(12)13/h6H,1-5H2. The first-order valence-corrected chi connectivity index (χ1v) is 6.06. The van der Waals surface area contributed by atoms with Gasteiger partial charge in [-0.15, -0.1) is 22.9 Å². The lowest BCUT2D eigenvalue weighted by molar-refractivity contribution is -0.143. The van der Waals surface area contributed by atoms with Crippen molar-refractivity contribution in [3.8, 4) is 0 Å². The summed E-state index contributed by atoms with van der Waals surface area (Å²) >= 11 is 7.19. The second-order valence-electron chi connectivity index (χ2n) is 3.23. The zero-order chi connectivity index (χ0) is 10.7. The molecule has 1 saturated heterocycles. The number of thiazole rings is 1. The Balaban J connectivity index is 1.98. The van der Waals surface area contributed by atoms with Gasteiger partial charge in [0.05, 0.1) is 24.7 Å². The van der Waals surface area contributed by atoms with Crippen LogP contribution in [0.5, 0.6) is 0 Å². The molecule has 1 fully saturated rings. The molecule has 0 N–H and O–H groups in total. The molecule has 2 heterocycles. The molecule has 82 valence electrons. The monoisotopic (exact) mass is 246 g/mol. The molecule has 1 aliphatic heterocycles. The van der Waals surface area contributed by atoms with E-state index in [0.717, 1.165) is 10.7 Å². The highest BCUT2D eigenvalue weighted by molar-refractivity contribution is 7.09. The quantitative estimate of drug-likeness (QED) is 0.754. The van der Waals surface area contributed by atoms with Gasteiger partial charge in [0.15, 0.2) is 0 Å². The molecule has 0 aromatic carbocycles. The summed E-state index contributed by atoms with van der Waals surface area (Å²) in [7, 11) is 0. The average molecular weight is 247 g/mol. The number of morpholine rings is 1. The van der Waals surface area contributed by atoms with Crippen molar-refractivity contribution in [2.45, 2.75) is 12.4 Å². The fraction of sp³-hybridized carbons (Fsp3) is 0.556. The molecular weight excluding hydrogens is 236 g/mol. The Morgan fingerprint density at radius 3 is 3.20 bits per heavy atom. The Kier molecular flexibility index (Phi) is 3.56. The number of amides is 1. The van der Waals surface area contributed by atoms with Gasteiger partial charge in [0, 0.05) is 11.9 Å².